The van der Waals surface area contributed by atoms with Crippen LogP contribution in [0.3, 0.4) is 0 Å². The molecule has 0 radical (unpaired) electrons. The van der Waals surface area contributed by atoms with Crippen molar-refractivity contribution in [1.82, 2.24) is 0 Å². The lowest BCUT2D eigenvalue weighted by molar-refractivity contribution is 0.290. The molecule has 2 N–H and O–H groups in total. The third-order valence-corrected chi connectivity index (χ3v) is 2.89. The van der Waals surface area contributed by atoms with E-state index in [1.54, 1.807) is 30.3 Å². The van der Waals surface area contributed by atoms with Crippen LogP contribution >= 0.6 is 11.6 Å². The van der Waals surface area contributed by atoms with E-state index in [0.717, 1.165) is 11.1 Å². The minimum Gasteiger partial charge on any atom is -0.486 e. The Bertz CT molecular complexity index is 572. The Hall–Kier alpha value is -1.74. The summed E-state index contributed by atoms with van der Waals surface area (Å²) in [4.78, 5) is 0. The van der Waals surface area contributed by atoms with Crippen molar-refractivity contribution in [3.63, 3.8) is 0 Å². The number of aryl methyl sites for hydroxylation is 1. The summed E-state index contributed by atoms with van der Waals surface area (Å²) in [6.45, 7) is 2.13. The highest BCUT2D eigenvalue weighted by Gasteiger charge is 2.04. The summed E-state index contributed by atoms with van der Waals surface area (Å²) < 4.78 is 18.9. The van der Waals surface area contributed by atoms with Crippen LogP contribution in [-0.2, 0) is 6.61 Å². The average Bonchev–Trinajstić information content (AvgIpc) is 2.34. The zero-order chi connectivity index (χ0) is 13.1. The molecule has 0 aliphatic carbocycles. The predicted octanol–water partition coefficient (Wildman–Crippen LogP) is 3.95. The van der Waals surface area contributed by atoms with E-state index in [9.17, 15) is 4.39 Å². The van der Waals surface area contributed by atoms with E-state index in [4.69, 9.17) is 22.1 Å². The van der Waals surface area contributed by atoms with E-state index in [2.05, 4.69) is 0 Å². The summed E-state index contributed by atoms with van der Waals surface area (Å²) in [7, 11) is 0. The molecular weight excluding hydrogens is 253 g/mol. The highest BCUT2D eigenvalue weighted by molar-refractivity contribution is 6.33. The molecule has 0 saturated carbocycles. The Labute approximate surface area is 110 Å². The molecule has 0 aliphatic heterocycles. The lowest BCUT2D eigenvalue weighted by atomic mass is 10.2. The molecular formula is C14H13ClFNO. The second kappa shape index (κ2) is 5.27. The van der Waals surface area contributed by atoms with Gasteiger partial charge in [-0.2, -0.15) is 0 Å². The summed E-state index contributed by atoms with van der Waals surface area (Å²) in [5.74, 6) is -0.133. The van der Waals surface area contributed by atoms with Gasteiger partial charge in [0.1, 0.15) is 6.61 Å². The quantitative estimate of drug-likeness (QED) is 0.853. The molecule has 0 fully saturated rings. The molecule has 18 heavy (non-hydrogen) atoms. The van der Waals surface area contributed by atoms with Gasteiger partial charge >= 0.3 is 0 Å². The Morgan fingerprint density at radius 1 is 1.22 bits per heavy atom. The van der Waals surface area contributed by atoms with E-state index in [1.165, 1.54) is 6.07 Å². The summed E-state index contributed by atoms with van der Waals surface area (Å²) >= 11 is 5.82. The van der Waals surface area contributed by atoms with Gasteiger partial charge in [-0.25, -0.2) is 4.39 Å². The smallest absolute Gasteiger partial charge is 0.165 e. The molecule has 2 rings (SSSR count). The first-order chi connectivity index (χ1) is 8.56. The maximum atomic E-state index is 13.4. The van der Waals surface area contributed by atoms with Crippen LogP contribution < -0.4 is 10.5 Å². The van der Waals surface area contributed by atoms with Gasteiger partial charge in [-0.05, 0) is 42.3 Å². The van der Waals surface area contributed by atoms with Crippen molar-refractivity contribution in [1.29, 1.82) is 0 Å². The molecule has 0 aliphatic rings. The predicted molar refractivity (Wildman–Crippen MR) is 71.3 cm³/mol. The van der Waals surface area contributed by atoms with E-state index in [1.807, 2.05) is 6.92 Å². The fourth-order valence-corrected chi connectivity index (χ4v) is 1.68. The first-order valence-corrected chi connectivity index (χ1v) is 5.87. The number of halogens is 2. The summed E-state index contributed by atoms with van der Waals surface area (Å²) in [6.07, 6.45) is 0. The van der Waals surface area contributed by atoms with Gasteiger partial charge in [0, 0.05) is 0 Å². The monoisotopic (exact) mass is 265 g/mol. The van der Waals surface area contributed by atoms with Crippen molar-refractivity contribution in [3.8, 4) is 5.75 Å². The molecule has 0 unspecified atom stereocenters. The van der Waals surface area contributed by atoms with Crippen molar-refractivity contribution in [2.75, 3.05) is 5.73 Å². The Morgan fingerprint density at radius 2 is 2.00 bits per heavy atom. The van der Waals surface area contributed by atoms with Crippen molar-refractivity contribution in [2.45, 2.75) is 13.5 Å². The van der Waals surface area contributed by atoms with Crippen LogP contribution in [0.2, 0.25) is 5.02 Å². The molecule has 0 bridgehead atoms. The number of benzene rings is 2. The summed E-state index contributed by atoms with van der Waals surface area (Å²) in [6, 6.07) is 9.96. The van der Waals surface area contributed by atoms with Crippen molar-refractivity contribution in [3.05, 3.63) is 58.4 Å². The van der Waals surface area contributed by atoms with E-state index in [0.29, 0.717) is 10.7 Å². The number of hydrogen-bond donors (Lipinski definition) is 1. The van der Waals surface area contributed by atoms with Crippen LogP contribution in [0, 0.1) is 12.7 Å². The van der Waals surface area contributed by atoms with Gasteiger partial charge in [-0.1, -0.05) is 23.7 Å². The largest absolute Gasteiger partial charge is 0.486 e. The van der Waals surface area contributed by atoms with Gasteiger partial charge in [0.25, 0.3) is 0 Å². The normalized spacial score (nSPS) is 10.4. The third-order valence-electron chi connectivity index (χ3n) is 2.54. The van der Waals surface area contributed by atoms with Gasteiger partial charge in [0.05, 0.1) is 10.7 Å². The molecule has 2 nitrogen and oxygen atoms in total. The molecule has 0 atom stereocenters. The number of nitrogens with two attached hydrogens (primary N) is 1. The Morgan fingerprint density at radius 3 is 2.72 bits per heavy atom. The molecule has 2 aromatic rings. The summed E-state index contributed by atoms with van der Waals surface area (Å²) in [5, 5.41) is 0.500. The first-order valence-electron chi connectivity index (χ1n) is 5.49. The number of ether oxygens (including phenoxy) is 1. The molecule has 0 aromatic heterocycles. The minimum atomic E-state index is -0.373. The van der Waals surface area contributed by atoms with Gasteiger partial charge in [-0.15, -0.1) is 0 Å². The number of rotatable bonds is 3. The number of nitrogen functional groups attached to an aromatic ring is 1. The van der Waals surface area contributed by atoms with Gasteiger partial charge < -0.3 is 10.5 Å². The molecule has 4 heteroatoms. The van der Waals surface area contributed by atoms with Gasteiger partial charge in [-0.3, -0.25) is 0 Å². The van der Waals surface area contributed by atoms with Crippen LogP contribution in [0.25, 0.3) is 0 Å². The standard InChI is InChI=1S/C14H13ClFNO/c1-9-2-5-12(16)14(6-9)18-8-10-3-4-11(15)13(17)7-10/h2-7H,8,17H2,1H3. The SMILES string of the molecule is Cc1ccc(F)c(OCc2ccc(Cl)c(N)c2)c1. The fourth-order valence-electron chi connectivity index (χ4n) is 1.57. The highest BCUT2D eigenvalue weighted by atomic mass is 35.5. The maximum Gasteiger partial charge on any atom is 0.165 e. The Kier molecular flexibility index (Phi) is 3.72. The molecule has 0 amide bonds. The van der Waals surface area contributed by atoms with Crippen LogP contribution in [0.15, 0.2) is 36.4 Å². The number of hydrogen-bond acceptors (Lipinski definition) is 2. The van der Waals surface area contributed by atoms with Crippen molar-refractivity contribution in [2.24, 2.45) is 0 Å². The van der Waals surface area contributed by atoms with E-state index in [-0.39, 0.29) is 18.2 Å². The molecule has 0 saturated heterocycles. The van der Waals surface area contributed by atoms with E-state index < -0.39 is 0 Å². The highest BCUT2D eigenvalue weighted by Crippen LogP contribution is 2.22. The molecule has 0 heterocycles. The van der Waals surface area contributed by atoms with Gasteiger partial charge in [0.2, 0.25) is 0 Å². The second-order valence-corrected chi connectivity index (χ2v) is 4.49. The van der Waals surface area contributed by atoms with Crippen LogP contribution in [0.4, 0.5) is 10.1 Å². The van der Waals surface area contributed by atoms with Crippen LogP contribution in [-0.4, -0.2) is 0 Å². The first kappa shape index (κ1) is 12.7. The molecule has 94 valence electrons. The molecule has 0 spiro atoms. The van der Waals surface area contributed by atoms with E-state index >= 15 is 0 Å². The van der Waals surface area contributed by atoms with Crippen molar-refractivity contribution >= 4 is 17.3 Å². The summed E-state index contributed by atoms with van der Waals surface area (Å²) in [5.41, 5.74) is 7.96. The lowest BCUT2D eigenvalue weighted by Crippen LogP contribution is -1.99. The Balaban J connectivity index is 2.11. The van der Waals surface area contributed by atoms with Crippen LogP contribution in [0.1, 0.15) is 11.1 Å². The maximum absolute atomic E-state index is 13.4. The van der Waals surface area contributed by atoms with Crippen LogP contribution in [0.5, 0.6) is 5.75 Å². The molecule has 2 aromatic carbocycles. The number of anilines is 1. The zero-order valence-electron chi connectivity index (χ0n) is 9.91. The van der Waals surface area contributed by atoms with Crippen molar-refractivity contribution < 1.29 is 9.13 Å². The fraction of sp³-hybridized carbons (Fsp3) is 0.143. The zero-order valence-corrected chi connectivity index (χ0v) is 10.7. The van der Waals surface area contributed by atoms with Gasteiger partial charge in [0.15, 0.2) is 11.6 Å². The second-order valence-electron chi connectivity index (χ2n) is 4.08. The topological polar surface area (TPSA) is 35.2 Å². The lowest BCUT2D eigenvalue weighted by Gasteiger charge is -2.09. The third kappa shape index (κ3) is 2.93. The minimum absolute atomic E-state index is 0.239. The average molecular weight is 266 g/mol.